The second kappa shape index (κ2) is 10.8. The van der Waals surface area contributed by atoms with E-state index in [-0.39, 0.29) is 51.4 Å². The van der Waals surface area contributed by atoms with Crippen LogP contribution in [0.4, 0.5) is 10.2 Å². The monoisotopic (exact) mass is 617 g/mol. The van der Waals surface area contributed by atoms with Crippen molar-refractivity contribution >= 4 is 40.7 Å². The normalized spacial score (nSPS) is 32.1. The first-order chi connectivity index (χ1) is 19.9. The second-order valence-corrected chi connectivity index (χ2v) is 14.5. The number of carbonyl (C=O) groups excluding carboxylic acids is 2. The highest BCUT2D eigenvalue weighted by atomic mass is 35.5. The van der Waals surface area contributed by atoms with Crippen LogP contribution < -0.4 is 5.32 Å². The highest BCUT2D eigenvalue weighted by Gasteiger charge is 2.72. The van der Waals surface area contributed by atoms with Gasteiger partial charge in [0.25, 0.3) is 0 Å². The van der Waals surface area contributed by atoms with E-state index in [1.807, 2.05) is 6.07 Å². The summed E-state index contributed by atoms with van der Waals surface area (Å²) >= 11 is 12.5. The molecule has 1 unspecified atom stereocenters. The molecule has 0 bridgehead atoms. The van der Waals surface area contributed by atoms with Gasteiger partial charge in [0.1, 0.15) is 16.8 Å². The van der Waals surface area contributed by atoms with Gasteiger partial charge in [-0.15, -0.1) is 0 Å². The van der Waals surface area contributed by atoms with E-state index in [2.05, 4.69) is 29.1 Å². The Morgan fingerprint density at radius 1 is 1.19 bits per heavy atom. The molecule has 2 saturated carbocycles. The fourth-order valence-electron chi connectivity index (χ4n) is 8.57. The van der Waals surface area contributed by atoms with Gasteiger partial charge in [-0.05, 0) is 86.3 Å². The Balaban J connectivity index is 1.49. The SMILES string of the molecule is CC(O)[C@@H]1CC[C@@H](CC(=O)[C@@H]2CC3(CCC(C)(C)CC3)[C@@]3(C(=O)Nc4nc(Cl)ccc43)[C@H]2c2ccnc(Cl)c2F)CO1. The van der Waals surface area contributed by atoms with Gasteiger partial charge >= 0.3 is 0 Å². The number of rotatable bonds is 5. The van der Waals surface area contributed by atoms with E-state index >= 15 is 4.39 Å². The van der Waals surface area contributed by atoms with Crippen LogP contribution in [0.25, 0.3) is 0 Å². The highest BCUT2D eigenvalue weighted by Crippen LogP contribution is 2.72. The van der Waals surface area contributed by atoms with Gasteiger partial charge in [0.05, 0.1) is 24.2 Å². The number of aromatic nitrogens is 2. The number of anilines is 1. The van der Waals surface area contributed by atoms with Gasteiger partial charge in [-0.1, -0.05) is 43.1 Å². The van der Waals surface area contributed by atoms with Crippen LogP contribution in [0.15, 0.2) is 24.4 Å². The summed E-state index contributed by atoms with van der Waals surface area (Å²) in [5.41, 5.74) is -0.832. The number of carbonyl (C=O) groups is 2. The zero-order valence-electron chi connectivity index (χ0n) is 24.3. The van der Waals surface area contributed by atoms with Gasteiger partial charge in [-0.3, -0.25) is 9.59 Å². The third-order valence-electron chi connectivity index (χ3n) is 10.8. The Labute approximate surface area is 255 Å². The molecule has 10 heteroatoms. The summed E-state index contributed by atoms with van der Waals surface area (Å²) in [6, 6.07) is 5.07. The molecule has 2 aliphatic carbocycles. The maximum absolute atomic E-state index is 16.0. The first-order valence-corrected chi connectivity index (χ1v) is 15.7. The summed E-state index contributed by atoms with van der Waals surface area (Å²) in [5.74, 6) is -2.02. The van der Waals surface area contributed by atoms with E-state index in [0.29, 0.717) is 30.8 Å². The van der Waals surface area contributed by atoms with Crippen LogP contribution in [0.3, 0.4) is 0 Å². The van der Waals surface area contributed by atoms with Crippen LogP contribution in [-0.2, 0) is 19.7 Å². The van der Waals surface area contributed by atoms with Crippen molar-refractivity contribution in [2.24, 2.45) is 22.7 Å². The predicted octanol–water partition coefficient (Wildman–Crippen LogP) is 6.64. The van der Waals surface area contributed by atoms with Crippen molar-refractivity contribution in [3.8, 4) is 0 Å². The number of halogens is 3. The maximum atomic E-state index is 16.0. The van der Waals surface area contributed by atoms with Crippen LogP contribution in [0.5, 0.6) is 0 Å². The lowest BCUT2D eigenvalue weighted by Gasteiger charge is -2.50. The van der Waals surface area contributed by atoms with Crippen molar-refractivity contribution < 1.29 is 23.8 Å². The lowest BCUT2D eigenvalue weighted by Crippen LogP contribution is -2.52. The van der Waals surface area contributed by atoms with Crippen LogP contribution in [-0.4, -0.2) is 45.6 Å². The summed E-state index contributed by atoms with van der Waals surface area (Å²) in [4.78, 5) is 37.4. The quantitative estimate of drug-likeness (QED) is 0.365. The molecule has 6 atom stereocenters. The van der Waals surface area contributed by atoms with E-state index in [1.165, 1.54) is 6.20 Å². The number of aliphatic hydroxyl groups is 1. The summed E-state index contributed by atoms with van der Waals surface area (Å²) in [6.07, 6.45) is 5.99. The number of hydrogen-bond acceptors (Lipinski definition) is 6. The van der Waals surface area contributed by atoms with Gasteiger partial charge in [0.15, 0.2) is 11.0 Å². The Morgan fingerprint density at radius 3 is 2.60 bits per heavy atom. The Kier molecular flexibility index (Phi) is 7.69. The minimum absolute atomic E-state index is 0.000637. The van der Waals surface area contributed by atoms with E-state index in [1.54, 1.807) is 19.1 Å². The maximum Gasteiger partial charge on any atom is 0.237 e. The van der Waals surface area contributed by atoms with Crippen molar-refractivity contribution in [2.45, 2.75) is 95.7 Å². The highest BCUT2D eigenvalue weighted by molar-refractivity contribution is 6.30. The first kappa shape index (κ1) is 29.9. The molecule has 6 rings (SSSR count). The van der Waals surface area contributed by atoms with Gasteiger partial charge in [-0.25, -0.2) is 14.4 Å². The van der Waals surface area contributed by atoms with E-state index in [9.17, 15) is 14.7 Å². The predicted molar refractivity (Wildman–Crippen MR) is 158 cm³/mol. The van der Waals surface area contributed by atoms with Gasteiger partial charge in [-0.2, -0.15) is 0 Å². The Morgan fingerprint density at radius 2 is 1.93 bits per heavy atom. The third-order valence-corrected chi connectivity index (χ3v) is 11.3. The lowest BCUT2D eigenvalue weighted by molar-refractivity contribution is -0.128. The van der Waals surface area contributed by atoms with Gasteiger partial charge < -0.3 is 15.2 Å². The molecule has 1 saturated heterocycles. The zero-order chi connectivity index (χ0) is 30.0. The number of amides is 1. The Hall–Kier alpha value is -2.13. The molecule has 2 aromatic heterocycles. The minimum atomic E-state index is -1.23. The molecule has 2 aliphatic heterocycles. The molecule has 4 heterocycles. The molecule has 0 radical (unpaired) electrons. The van der Waals surface area contributed by atoms with E-state index in [0.717, 1.165) is 32.1 Å². The van der Waals surface area contributed by atoms with E-state index < -0.39 is 34.6 Å². The number of ketones is 1. The van der Waals surface area contributed by atoms with Crippen molar-refractivity contribution in [1.29, 1.82) is 0 Å². The van der Waals surface area contributed by atoms with Crippen molar-refractivity contribution in [3.63, 3.8) is 0 Å². The lowest BCUT2D eigenvalue weighted by atomic mass is 9.51. The fraction of sp³-hybridized carbons (Fsp3) is 0.625. The van der Waals surface area contributed by atoms with Crippen LogP contribution >= 0.6 is 23.2 Å². The van der Waals surface area contributed by atoms with Gasteiger partial charge in [0.2, 0.25) is 5.91 Å². The van der Waals surface area contributed by atoms with Crippen LogP contribution in [0.1, 0.15) is 89.2 Å². The molecule has 226 valence electrons. The largest absolute Gasteiger partial charge is 0.391 e. The summed E-state index contributed by atoms with van der Waals surface area (Å²) in [6.45, 7) is 6.56. The summed E-state index contributed by atoms with van der Waals surface area (Å²) < 4.78 is 21.9. The first-order valence-electron chi connectivity index (χ1n) is 15.0. The summed E-state index contributed by atoms with van der Waals surface area (Å²) in [5, 5.41) is 12.9. The number of aliphatic hydroxyl groups excluding tert-OH is 1. The molecule has 3 fully saturated rings. The van der Waals surface area contributed by atoms with Gasteiger partial charge in [0, 0.05) is 30.0 Å². The van der Waals surface area contributed by atoms with Crippen molar-refractivity contribution in [3.05, 3.63) is 51.6 Å². The molecular weight excluding hydrogens is 580 g/mol. The zero-order valence-corrected chi connectivity index (χ0v) is 25.8. The number of ether oxygens (including phenoxy) is 1. The molecule has 4 aliphatic rings. The van der Waals surface area contributed by atoms with Crippen LogP contribution in [0, 0.1) is 28.5 Å². The third kappa shape index (κ3) is 4.68. The molecule has 42 heavy (non-hydrogen) atoms. The average Bonchev–Trinajstić information content (AvgIpc) is 3.40. The topological polar surface area (TPSA) is 101 Å². The number of nitrogens with one attached hydrogen (secondary N) is 1. The average molecular weight is 619 g/mol. The molecule has 1 amide bonds. The number of nitrogens with zero attached hydrogens (tertiary/aromatic N) is 2. The molecule has 2 aromatic rings. The standard InChI is InChI=1S/C32H38Cl2FN3O4/c1-17(39)23-6-4-18(16-42-23)14-22(40)20-15-31(11-9-30(2,3)10-12-31)32(25(20)19-8-13-36-27(34)26(19)35)21-5-7-24(33)37-28(21)38-29(32)41/h5,7-8,13,17-18,20,23,25,39H,4,6,9-12,14-16H2,1-3H3,(H,37,38,41)/t17?,18-,20-,23-,25-,32+/m0/s1. The molecule has 7 nitrogen and oxygen atoms in total. The smallest absolute Gasteiger partial charge is 0.237 e. The van der Waals surface area contributed by atoms with Crippen molar-refractivity contribution in [2.75, 3.05) is 11.9 Å². The Bertz CT molecular complexity index is 1400. The molecule has 2 spiro atoms. The number of pyridine rings is 2. The number of fused-ring (bicyclic) bond motifs is 3. The fourth-order valence-corrected chi connectivity index (χ4v) is 8.89. The summed E-state index contributed by atoms with van der Waals surface area (Å²) in [7, 11) is 0. The molecule has 2 N–H and O–H groups in total. The van der Waals surface area contributed by atoms with E-state index in [4.69, 9.17) is 27.9 Å². The molecular formula is C32H38Cl2FN3O4. The number of Topliss-reactive ketones (excluding diaryl/α,β-unsaturated/α-hetero) is 1. The molecule has 0 aromatic carbocycles. The van der Waals surface area contributed by atoms with Crippen molar-refractivity contribution in [1.82, 2.24) is 9.97 Å². The minimum Gasteiger partial charge on any atom is -0.391 e. The second-order valence-electron chi connectivity index (χ2n) is 13.8. The number of hydrogen-bond donors (Lipinski definition) is 2. The van der Waals surface area contributed by atoms with Crippen LogP contribution in [0.2, 0.25) is 10.3 Å².